The molecule has 1 aromatic rings. The molecule has 0 fully saturated rings. The second kappa shape index (κ2) is 4.96. The highest BCUT2D eigenvalue weighted by atomic mass is 79.9. The van der Waals surface area contributed by atoms with Gasteiger partial charge in [-0.1, -0.05) is 0 Å². The molecule has 80 valence electrons. The van der Waals surface area contributed by atoms with Crippen molar-refractivity contribution in [3.63, 3.8) is 0 Å². The van der Waals surface area contributed by atoms with Gasteiger partial charge in [0.15, 0.2) is 0 Å². The number of alkyl halides is 3. The molecule has 0 amide bonds. The second-order valence-electron chi connectivity index (χ2n) is 2.57. The van der Waals surface area contributed by atoms with Gasteiger partial charge >= 0.3 is 6.18 Å². The minimum absolute atomic E-state index is 0.211. The molecular formula is C7H6Br2F3NS. The van der Waals surface area contributed by atoms with Gasteiger partial charge < -0.3 is 5.32 Å². The molecule has 1 heterocycles. The standard InChI is InChI=1S/C7H6Br2F3NS/c8-5-1-4(6(9)14-5)2-13-3-7(10,11)12/h1,13H,2-3H2. The van der Waals surface area contributed by atoms with E-state index in [0.717, 1.165) is 13.1 Å². The van der Waals surface area contributed by atoms with Crippen molar-refractivity contribution in [2.45, 2.75) is 12.7 Å². The SMILES string of the molecule is FC(F)(F)CNCc1cc(Br)sc1Br. The van der Waals surface area contributed by atoms with Gasteiger partial charge in [0.25, 0.3) is 0 Å². The molecule has 0 saturated carbocycles. The Kier molecular flexibility index (Phi) is 4.42. The average Bonchev–Trinajstić information content (AvgIpc) is 2.27. The Morgan fingerprint density at radius 1 is 1.36 bits per heavy atom. The third kappa shape index (κ3) is 4.29. The van der Waals surface area contributed by atoms with Crippen LogP contribution in [0.2, 0.25) is 0 Å². The van der Waals surface area contributed by atoms with E-state index in [4.69, 9.17) is 0 Å². The van der Waals surface area contributed by atoms with Crippen molar-refractivity contribution in [3.05, 3.63) is 19.2 Å². The van der Waals surface area contributed by atoms with Crippen LogP contribution in [0.15, 0.2) is 13.6 Å². The summed E-state index contributed by atoms with van der Waals surface area (Å²) in [6.07, 6.45) is -4.15. The molecule has 0 unspecified atom stereocenters. The minimum atomic E-state index is -4.15. The lowest BCUT2D eigenvalue weighted by Gasteiger charge is -2.07. The summed E-state index contributed by atoms with van der Waals surface area (Å²) < 4.78 is 37.1. The number of thiophene rings is 1. The lowest BCUT2D eigenvalue weighted by atomic mass is 10.3. The van der Waals surface area contributed by atoms with Crippen molar-refractivity contribution >= 4 is 43.2 Å². The first-order valence-corrected chi connectivity index (χ1v) is 6.00. The molecule has 1 N–H and O–H groups in total. The fourth-order valence-electron chi connectivity index (χ4n) is 0.834. The molecule has 0 spiro atoms. The van der Waals surface area contributed by atoms with Crippen LogP contribution < -0.4 is 5.32 Å². The van der Waals surface area contributed by atoms with E-state index in [-0.39, 0.29) is 6.54 Å². The van der Waals surface area contributed by atoms with Crippen molar-refractivity contribution in [2.24, 2.45) is 0 Å². The Morgan fingerprint density at radius 2 is 2.00 bits per heavy atom. The molecule has 0 atom stereocenters. The third-order valence-corrected chi connectivity index (χ3v) is 3.83. The van der Waals surface area contributed by atoms with Crippen molar-refractivity contribution in [3.8, 4) is 0 Å². The molecule has 0 saturated heterocycles. The van der Waals surface area contributed by atoms with Crippen LogP contribution in [-0.4, -0.2) is 12.7 Å². The molecule has 1 rings (SSSR count). The van der Waals surface area contributed by atoms with E-state index in [0.29, 0.717) is 0 Å². The third-order valence-electron chi connectivity index (χ3n) is 1.37. The maximum atomic E-state index is 11.8. The van der Waals surface area contributed by atoms with Crippen LogP contribution in [0.1, 0.15) is 5.56 Å². The van der Waals surface area contributed by atoms with Gasteiger partial charge in [-0.25, -0.2) is 0 Å². The fraction of sp³-hybridized carbons (Fsp3) is 0.429. The monoisotopic (exact) mass is 351 g/mol. The van der Waals surface area contributed by atoms with Gasteiger partial charge in [-0.3, -0.25) is 0 Å². The first kappa shape index (κ1) is 12.5. The molecule has 0 bridgehead atoms. The lowest BCUT2D eigenvalue weighted by Crippen LogP contribution is -2.28. The number of hydrogen-bond donors (Lipinski definition) is 1. The summed E-state index contributed by atoms with van der Waals surface area (Å²) in [6, 6.07) is 1.79. The number of halogens is 5. The molecule has 14 heavy (non-hydrogen) atoms. The predicted octanol–water partition coefficient (Wildman–Crippen LogP) is 3.93. The highest BCUT2D eigenvalue weighted by Crippen LogP contribution is 2.31. The fourth-order valence-corrected chi connectivity index (χ4v) is 3.66. The van der Waals surface area contributed by atoms with Gasteiger partial charge in [0.1, 0.15) is 0 Å². The number of rotatable bonds is 3. The average molecular weight is 353 g/mol. The molecule has 0 aliphatic carbocycles. The Morgan fingerprint density at radius 3 is 2.43 bits per heavy atom. The molecule has 0 radical (unpaired) electrons. The van der Waals surface area contributed by atoms with E-state index >= 15 is 0 Å². The summed E-state index contributed by atoms with van der Waals surface area (Å²) in [4.78, 5) is 0. The Labute approximate surface area is 99.9 Å². The summed E-state index contributed by atoms with van der Waals surface area (Å²) in [7, 11) is 0. The topological polar surface area (TPSA) is 12.0 Å². The van der Waals surface area contributed by atoms with Crippen molar-refractivity contribution < 1.29 is 13.2 Å². The summed E-state index contributed by atoms with van der Waals surface area (Å²) in [5.74, 6) is 0. The molecule has 0 aromatic carbocycles. The van der Waals surface area contributed by atoms with E-state index in [9.17, 15) is 13.2 Å². The molecule has 1 aromatic heterocycles. The summed E-state index contributed by atoms with van der Waals surface area (Å²) >= 11 is 7.96. The van der Waals surface area contributed by atoms with E-state index in [2.05, 4.69) is 37.2 Å². The van der Waals surface area contributed by atoms with Crippen LogP contribution in [0, 0.1) is 0 Å². The van der Waals surface area contributed by atoms with E-state index < -0.39 is 12.7 Å². The zero-order valence-corrected chi connectivity index (χ0v) is 10.8. The molecule has 7 heteroatoms. The van der Waals surface area contributed by atoms with Gasteiger partial charge in [-0.15, -0.1) is 11.3 Å². The predicted molar refractivity (Wildman–Crippen MR) is 57.5 cm³/mol. The summed E-state index contributed by atoms with van der Waals surface area (Å²) in [5.41, 5.74) is 0.825. The van der Waals surface area contributed by atoms with Crippen molar-refractivity contribution in [1.29, 1.82) is 0 Å². The number of hydrogen-bond acceptors (Lipinski definition) is 2. The molecular weight excluding hydrogens is 347 g/mol. The van der Waals surface area contributed by atoms with Crippen LogP contribution in [-0.2, 0) is 6.54 Å². The molecule has 0 aliphatic rings. The van der Waals surface area contributed by atoms with Gasteiger partial charge in [0, 0.05) is 6.54 Å². The maximum absolute atomic E-state index is 11.8. The normalized spacial score (nSPS) is 12.1. The quantitative estimate of drug-likeness (QED) is 0.869. The van der Waals surface area contributed by atoms with Gasteiger partial charge in [0.05, 0.1) is 14.1 Å². The van der Waals surface area contributed by atoms with Gasteiger partial charge in [0.2, 0.25) is 0 Å². The van der Waals surface area contributed by atoms with Crippen molar-refractivity contribution in [1.82, 2.24) is 5.32 Å². The van der Waals surface area contributed by atoms with E-state index in [1.807, 2.05) is 0 Å². The zero-order chi connectivity index (χ0) is 10.8. The van der Waals surface area contributed by atoms with Crippen LogP contribution in [0.5, 0.6) is 0 Å². The zero-order valence-electron chi connectivity index (χ0n) is 6.79. The Bertz CT molecular complexity index is 310. The molecule has 1 nitrogen and oxygen atoms in total. The van der Waals surface area contributed by atoms with Crippen LogP contribution in [0.4, 0.5) is 13.2 Å². The Hall–Kier alpha value is 0.410. The summed E-state index contributed by atoms with van der Waals surface area (Å²) in [6.45, 7) is -0.755. The smallest absolute Gasteiger partial charge is 0.305 e. The van der Waals surface area contributed by atoms with Gasteiger partial charge in [-0.05, 0) is 43.5 Å². The maximum Gasteiger partial charge on any atom is 0.401 e. The van der Waals surface area contributed by atoms with E-state index in [1.54, 1.807) is 6.07 Å². The van der Waals surface area contributed by atoms with Crippen LogP contribution >= 0.6 is 43.2 Å². The van der Waals surface area contributed by atoms with Gasteiger partial charge in [-0.2, -0.15) is 13.2 Å². The highest BCUT2D eigenvalue weighted by molar-refractivity contribution is 9.12. The lowest BCUT2D eigenvalue weighted by molar-refractivity contribution is -0.125. The second-order valence-corrected chi connectivity index (χ2v) is 6.32. The van der Waals surface area contributed by atoms with Crippen LogP contribution in [0.25, 0.3) is 0 Å². The minimum Gasteiger partial charge on any atom is -0.305 e. The summed E-state index contributed by atoms with van der Waals surface area (Å²) in [5, 5.41) is 2.33. The van der Waals surface area contributed by atoms with E-state index in [1.165, 1.54) is 11.3 Å². The van der Waals surface area contributed by atoms with Crippen LogP contribution in [0.3, 0.4) is 0 Å². The molecule has 0 aliphatic heterocycles. The highest BCUT2D eigenvalue weighted by Gasteiger charge is 2.26. The van der Waals surface area contributed by atoms with Crippen molar-refractivity contribution in [2.75, 3.05) is 6.54 Å². The first-order valence-electron chi connectivity index (χ1n) is 3.59. The first-order chi connectivity index (χ1) is 6.38. The largest absolute Gasteiger partial charge is 0.401 e. The Balaban J connectivity index is 2.42. The number of nitrogens with one attached hydrogen (secondary N) is 1.